The molecule has 15 heavy (non-hydrogen) atoms. The Hall–Kier alpha value is -0.900. The minimum atomic E-state index is -0.206. The molecule has 0 saturated heterocycles. The van der Waals surface area contributed by atoms with Crippen molar-refractivity contribution in [1.82, 2.24) is 4.98 Å². The molecule has 1 aromatic heterocycles. The van der Waals surface area contributed by atoms with Crippen LogP contribution in [0, 0.1) is 6.92 Å². The molecule has 0 aliphatic rings. The number of rotatable bonds is 2. The van der Waals surface area contributed by atoms with Crippen LogP contribution < -0.4 is 0 Å². The largest absolute Gasteiger partial charge is 0.469 e. The molecule has 0 bridgehead atoms. The zero-order valence-electron chi connectivity index (χ0n) is 9.88. The first-order chi connectivity index (χ1) is 6.84. The fraction of sp³-hybridized carbons (Fsp3) is 0.636. The maximum Gasteiger partial charge on any atom is 0.310 e. The third-order valence-electron chi connectivity index (χ3n) is 2.07. The highest BCUT2D eigenvalue weighted by Crippen LogP contribution is 2.29. The molecule has 1 heterocycles. The van der Waals surface area contributed by atoms with Crippen molar-refractivity contribution in [2.75, 3.05) is 7.11 Å². The van der Waals surface area contributed by atoms with Gasteiger partial charge < -0.3 is 4.74 Å². The molecule has 0 N–H and O–H groups in total. The van der Waals surface area contributed by atoms with Gasteiger partial charge in [-0.1, -0.05) is 20.8 Å². The molecule has 0 aliphatic carbocycles. The van der Waals surface area contributed by atoms with Crippen LogP contribution in [-0.4, -0.2) is 18.1 Å². The number of aromatic nitrogens is 1. The van der Waals surface area contributed by atoms with Gasteiger partial charge in [0.05, 0.1) is 24.2 Å². The molecule has 3 nitrogen and oxygen atoms in total. The van der Waals surface area contributed by atoms with Crippen LogP contribution >= 0.6 is 11.3 Å². The maximum atomic E-state index is 11.1. The second-order valence-electron chi connectivity index (χ2n) is 4.53. The molecule has 1 rings (SSSR count). The number of esters is 1. The van der Waals surface area contributed by atoms with E-state index in [-0.39, 0.29) is 11.4 Å². The van der Waals surface area contributed by atoms with Gasteiger partial charge in [0.15, 0.2) is 0 Å². The highest BCUT2D eigenvalue weighted by molar-refractivity contribution is 7.12. The predicted octanol–water partition coefficient (Wildman–Crippen LogP) is 2.46. The highest BCUT2D eigenvalue weighted by atomic mass is 32.1. The van der Waals surface area contributed by atoms with Crippen molar-refractivity contribution >= 4 is 17.3 Å². The van der Waals surface area contributed by atoms with Crippen molar-refractivity contribution in [1.29, 1.82) is 0 Å². The van der Waals surface area contributed by atoms with Gasteiger partial charge in [-0.3, -0.25) is 4.79 Å². The predicted molar refractivity (Wildman–Crippen MR) is 61.3 cm³/mol. The lowest BCUT2D eigenvalue weighted by Crippen LogP contribution is -2.10. The van der Waals surface area contributed by atoms with Gasteiger partial charge in [0.25, 0.3) is 0 Å². The van der Waals surface area contributed by atoms with Crippen LogP contribution in [0.25, 0.3) is 0 Å². The van der Waals surface area contributed by atoms with E-state index in [1.807, 2.05) is 6.92 Å². The van der Waals surface area contributed by atoms with Crippen molar-refractivity contribution in [3.8, 4) is 0 Å². The molecule has 0 atom stereocenters. The van der Waals surface area contributed by atoms with Crippen molar-refractivity contribution in [3.63, 3.8) is 0 Å². The molecule has 0 aliphatic heterocycles. The van der Waals surface area contributed by atoms with Crippen LogP contribution in [0.15, 0.2) is 0 Å². The van der Waals surface area contributed by atoms with E-state index < -0.39 is 0 Å². The summed E-state index contributed by atoms with van der Waals surface area (Å²) in [5, 5.41) is 1.07. The number of nitrogens with zero attached hydrogens (tertiary/aromatic N) is 1. The van der Waals surface area contributed by atoms with Crippen LogP contribution in [0.4, 0.5) is 0 Å². The fourth-order valence-corrected chi connectivity index (χ4v) is 2.22. The average molecular weight is 227 g/mol. The molecule has 0 spiro atoms. The van der Waals surface area contributed by atoms with Gasteiger partial charge in [0.1, 0.15) is 0 Å². The first kappa shape index (κ1) is 12.2. The van der Waals surface area contributed by atoms with Crippen LogP contribution in [0.5, 0.6) is 0 Å². The fourth-order valence-electron chi connectivity index (χ4n) is 1.12. The van der Waals surface area contributed by atoms with E-state index in [4.69, 9.17) is 0 Å². The SMILES string of the molecule is COC(=O)Cc1sc(C(C)(C)C)nc1C. The van der Waals surface area contributed by atoms with E-state index in [1.165, 1.54) is 7.11 Å². The molecule has 0 saturated carbocycles. The number of aryl methyl sites for hydroxylation is 1. The lowest BCUT2D eigenvalue weighted by Gasteiger charge is -2.13. The monoisotopic (exact) mass is 227 g/mol. The van der Waals surface area contributed by atoms with Gasteiger partial charge in [-0.2, -0.15) is 0 Å². The topological polar surface area (TPSA) is 39.2 Å². The van der Waals surface area contributed by atoms with Crippen molar-refractivity contribution in [3.05, 3.63) is 15.6 Å². The van der Waals surface area contributed by atoms with Crippen molar-refractivity contribution in [2.45, 2.75) is 39.5 Å². The Bertz CT molecular complexity index is 363. The third kappa shape index (κ3) is 3.02. The Balaban J connectivity index is 2.92. The van der Waals surface area contributed by atoms with Crippen LogP contribution in [-0.2, 0) is 21.4 Å². The Morgan fingerprint density at radius 1 is 1.47 bits per heavy atom. The van der Waals surface area contributed by atoms with E-state index in [9.17, 15) is 4.79 Å². The lowest BCUT2D eigenvalue weighted by atomic mass is 9.98. The standard InChI is InChI=1S/C11H17NO2S/c1-7-8(6-9(13)14-5)15-10(12-7)11(2,3)4/h6H2,1-5H3. The van der Waals surface area contributed by atoms with E-state index in [2.05, 4.69) is 30.5 Å². The van der Waals surface area contributed by atoms with Crippen molar-refractivity contribution < 1.29 is 9.53 Å². The minimum Gasteiger partial charge on any atom is -0.469 e. The summed E-state index contributed by atoms with van der Waals surface area (Å²) in [6, 6.07) is 0. The van der Waals surface area contributed by atoms with Crippen LogP contribution in [0.3, 0.4) is 0 Å². The summed E-state index contributed by atoms with van der Waals surface area (Å²) in [6.07, 6.45) is 0.329. The van der Waals surface area contributed by atoms with Gasteiger partial charge in [-0.05, 0) is 6.92 Å². The zero-order valence-corrected chi connectivity index (χ0v) is 10.7. The molecular formula is C11H17NO2S. The van der Waals surface area contributed by atoms with E-state index in [0.717, 1.165) is 15.6 Å². The number of carbonyl (C=O) groups excluding carboxylic acids is 1. The molecule has 84 valence electrons. The molecule has 0 amide bonds. The molecule has 0 unspecified atom stereocenters. The van der Waals surface area contributed by atoms with Gasteiger partial charge in [-0.25, -0.2) is 4.98 Å². The molecule has 0 aromatic carbocycles. The summed E-state index contributed by atoms with van der Waals surface area (Å²) in [4.78, 5) is 16.6. The van der Waals surface area contributed by atoms with Crippen molar-refractivity contribution in [2.24, 2.45) is 0 Å². The first-order valence-electron chi connectivity index (χ1n) is 4.88. The van der Waals surface area contributed by atoms with Gasteiger partial charge >= 0.3 is 5.97 Å². The van der Waals surface area contributed by atoms with Crippen LogP contribution in [0.2, 0.25) is 0 Å². The number of thiazole rings is 1. The molecule has 4 heteroatoms. The number of methoxy groups -OCH3 is 1. The number of carbonyl (C=O) groups is 1. The number of hydrogen-bond acceptors (Lipinski definition) is 4. The molecule has 0 radical (unpaired) electrons. The summed E-state index contributed by atoms with van der Waals surface area (Å²) in [7, 11) is 1.41. The smallest absolute Gasteiger partial charge is 0.310 e. The summed E-state index contributed by atoms with van der Waals surface area (Å²) in [6.45, 7) is 8.29. The number of ether oxygens (including phenoxy) is 1. The molecule has 1 aromatic rings. The lowest BCUT2D eigenvalue weighted by molar-refractivity contribution is -0.139. The summed E-state index contributed by atoms with van der Waals surface area (Å²) in [5.74, 6) is -0.206. The average Bonchev–Trinajstić information content (AvgIpc) is 2.47. The van der Waals surface area contributed by atoms with E-state index in [0.29, 0.717) is 6.42 Å². The van der Waals surface area contributed by atoms with E-state index >= 15 is 0 Å². The Labute approximate surface area is 94.5 Å². The molecule has 0 fully saturated rings. The number of hydrogen-bond donors (Lipinski definition) is 0. The van der Waals surface area contributed by atoms with Gasteiger partial charge in [0.2, 0.25) is 0 Å². The Morgan fingerprint density at radius 2 is 2.07 bits per heavy atom. The maximum absolute atomic E-state index is 11.1. The summed E-state index contributed by atoms with van der Waals surface area (Å²) >= 11 is 1.60. The second kappa shape index (κ2) is 4.31. The summed E-state index contributed by atoms with van der Waals surface area (Å²) < 4.78 is 4.64. The minimum absolute atomic E-state index is 0.0454. The highest BCUT2D eigenvalue weighted by Gasteiger charge is 2.21. The molecular weight excluding hydrogens is 210 g/mol. The van der Waals surface area contributed by atoms with Crippen LogP contribution in [0.1, 0.15) is 36.3 Å². The van der Waals surface area contributed by atoms with E-state index in [1.54, 1.807) is 11.3 Å². The second-order valence-corrected chi connectivity index (χ2v) is 5.61. The van der Waals surface area contributed by atoms with Gasteiger partial charge in [0, 0.05) is 10.3 Å². The van der Waals surface area contributed by atoms with Gasteiger partial charge in [-0.15, -0.1) is 11.3 Å². The summed E-state index contributed by atoms with van der Waals surface area (Å²) in [5.41, 5.74) is 0.986. The Kier molecular flexibility index (Phi) is 3.50. The Morgan fingerprint density at radius 3 is 2.47 bits per heavy atom. The normalized spacial score (nSPS) is 11.5. The first-order valence-corrected chi connectivity index (χ1v) is 5.70. The quantitative estimate of drug-likeness (QED) is 0.729. The third-order valence-corrected chi connectivity index (χ3v) is 3.65. The zero-order chi connectivity index (χ0) is 11.6.